The lowest BCUT2D eigenvalue weighted by atomic mass is 10.1. The van der Waals surface area contributed by atoms with Crippen LogP contribution in [0.2, 0.25) is 0 Å². The van der Waals surface area contributed by atoms with Crippen LogP contribution in [0, 0.1) is 5.92 Å². The summed E-state index contributed by atoms with van der Waals surface area (Å²) in [7, 11) is 0. The van der Waals surface area contributed by atoms with Crippen LogP contribution in [-0.2, 0) is 19.1 Å². The van der Waals surface area contributed by atoms with Gasteiger partial charge in [-0.25, -0.2) is 0 Å². The molecule has 0 saturated heterocycles. The van der Waals surface area contributed by atoms with Gasteiger partial charge in [0.25, 0.3) is 0 Å². The van der Waals surface area contributed by atoms with Crippen molar-refractivity contribution in [2.45, 2.75) is 46.3 Å². The molecule has 0 heterocycles. The number of ether oxygens (including phenoxy) is 2. The van der Waals surface area contributed by atoms with Gasteiger partial charge < -0.3 is 9.47 Å². The molecule has 0 fully saturated rings. The van der Waals surface area contributed by atoms with E-state index in [0.29, 0.717) is 0 Å². The van der Waals surface area contributed by atoms with Crippen molar-refractivity contribution in [3.05, 3.63) is 0 Å². The molecule has 0 spiro atoms. The molecule has 0 atom stereocenters. The zero-order chi connectivity index (χ0) is 12.7. The minimum Gasteiger partial charge on any atom is -0.462 e. The summed E-state index contributed by atoms with van der Waals surface area (Å²) >= 11 is 0. The number of hydrogen-bond acceptors (Lipinski definition) is 4. The van der Waals surface area contributed by atoms with Crippen LogP contribution in [0.4, 0.5) is 4.39 Å². The minimum atomic E-state index is -1.16. The summed E-state index contributed by atoms with van der Waals surface area (Å²) < 4.78 is 21.9. The van der Waals surface area contributed by atoms with E-state index in [1.807, 2.05) is 0 Å². The average Bonchev–Trinajstić information content (AvgIpc) is 2.11. The van der Waals surface area contributed by atoms with Crippen molar-refractivity contribution in [3.63, 3.8) is 0 Å². The Hall–Kier alpha value is -1.13. The van der Waals surface area contributed by atoms with Gasteiger partial charge in [0.15, 0.2) is 5.92 Å². The molecule has 0 amide bonds. The van der Waals surface area contributed by atoms with Crippen LogP contribution in [0.25, 0.3) is 0 Å². The topological polar surface area (TPSA) is 52.6 Å². The third kappa shape index (κ3) is 5.68. The molecule has 94 valence electrons. The van der Waals surface area contributed by atoms with E-state index in [4.69, 9.17) is 9.47 Å². The zero-order valence-corrected chi connectivity index (χ0v) is 10.2. The standard InChI is InChI=1S/C11H19FO4/c1-7(2)15-10(13)9(5-6-12)11(14)16-8(3)4/h7-9H,5-6H2,1-4H3. The average molecular weight is 234 g/mol. The zero-order valence-electron chi connectivity index (χ0n) is 10.2. The van der Waals surface area contributed by atoms with Gasteiger partial charge in [-0.2, -0.15) is 0 Å². The first kappa shape index (κ1) is 14.9. The predicted octanol–water partition coefficient (Wildman–Crippen LogP) is 1.87. The number of rotatable bonds is 6. The molecule has 0 rings (SSSR count). The summed E-state index contributed by atoms with van der Waals surface area (Å²) in [6, 6.07) is 0. The molecule has 0 aromatic carbocycles. The van der Waals surface area contributed by atoms with Crippen molar-refractivity contribution in [1.82, 2.24) is 0 Å². The Morgan fingerprint density at radius 1 is 1.00 bits per heavy atom. The Balaban J connectivity index is 4.46. The minimum absolute atomic E-state index is 0.197. The van der Waals surface area contributed by atoms with E-state index in [0.717, 1.165) is 0 Å². The van der Waals surface area contributed by atoms with Gasteiger partial charge in [0.1, 0.15) is 0 Å². The first-order valence-corrected chi connectivity index (χ1v) is 5.35. The van der Waals surface area contributed by atoms with Gasteiger partial charge >= 0.3 is 11.9 Å². The highest BCUT2D eigenvalue weighted by atomic mass is 19.1. The summed E-state index contributed by atoms with van der Waals surface area (Å²) in [6.07, 6.45) is -0.861. The highest BCUT2D eigenvalue weighted by molar-refractivity contribution is 5.95. The van der Waals surface area contributed by atoms with Gasteiger partial charge in [-0.15, -0.1) is 0 Å². The number of alkyl halides is 1. The highest BCUT2D eigenvalue weighted by Crippen LogP contribution is 2.11. The van der Waals surface area contributed by atoms with E-state index in [1.54, 1.807) is 27.7 Å². The third-order valence-corrected chi connectivity index (χ3v) is 1.67. The van der Waals surface area contributed by atoms with Crippen LogP contribution in [0.3, 0.4) is 0 Å². The Morgan fingerprint density at radius 2 is 1.38 bits per heavy atom. The molecule has 16 heavy (non-hydrogen) atoms. The number of halogens is 1. The fraction of sp³-hybridized carbons (Fsp3) is 0.818. The van der Waals surface area contributed by atoms with Gasteiger partial charge in [0.05, 0.1) is 18.9 Å². The first-order valence-electron chi connectivity index (χ1n) is 5.35. The molecule has 0 aromatic heterocycles. The van der Waals surface area contributed by atoms with Crippen molar-refractivity contribution in [2.24, 2.45) is 5.92 Å². The summed E-state index contributed by atoms with van der Waals surface area (Å²) in [5.74, 6) is -2.61. The quantitative estimate of drug-likeness (QED) is 0.520. The molecule has 0 aromatic rings. The Morgan fingerprint density at radius 3 is 1.62 bits per heavy atom. The lowest BCUT2D eigenvalue weighted by Gasteiger charge is -2.17. The predicted molar refractivity (Wildman–Crippen MR) is 56.5 cm³/mol. The number of carbonyl (C=O) groups excluding carboxylic acids is 2. The maximum atomic E-state index is 12.2. The highest BCUT2D eigenvalue weighted by Gasteiger charge is 2.30. The van der Waals surface area contributed by atoms with Crippen LogP contribution in [-0.4, -0.2) is 30.8 Å². The molecule has 0 unspecified atom stereocenters. The SMILES string of the molecule is CC(C)OC(=O)C(CCF)C(=O)OC(C)C. The van der Waals surface area contributed by atoms with Crippen LogP contribution < -0.4 is 0 Å². The first-order chi connectivity index (χ1) is 7.38. The van der Waals surface area contributed by atoms with Crippen molar-refractivity contribution in [1.29, 1.82) is 0 Å². The van der Waals surface area contributed by atoms with E-state index in [2.05, 4.69) is 0 Å². The van der Waals surface area contributed by atoms with Crippen LogP contribution in [0.15, 0.2) is 0 Å². The second kappa shape index (κ2) is 7.19. The van der Waals surface area contributed by atoms with E-state index in [9.17, 15) is 14.0 Å². The van der Waals surface area contributed by atoms with Crippen molar-refractivity contribution < 1.29 is 23.5 Å². The largest absolute Gasteiger partial charge is 0.462 e. The van der Waals surface area contributed by atoms with Crippen LogP contribution >= 0.6 is 0 Å². The maximum absolute atomic E-state index is 12.2. The third-order valence-electron chi connectivity index (χ3n) is 1.67. The summed E-state index contributed by atoms with van der Waals surface area (Å²) in [6.45, 7) is 5.90. The number of carbonyl (C=O) groups is 2. The van der Waals surface area contributed by atoms with E-state index in [1.165, 1.54) is 0 Å². The fourth-order valence-electron chi connectivity index (χ4n) is 1.07. The normalized spacial score (nSPS) is 11.0. The molecule has 0 aliphatic heterocycles. The van der Waals surface area contributed by atoms with Gasteiger partial charge in [-0.3, -0.25) is 14.0 Å². The number of esters is 2. The second-order valence-corrected chi connectivity index (χ2v) is 4.00. The lowest BCUT2D eigenvalue weighted by Crippen LogP contribution is -2.31. The molecule has 0 radical (unpaired) electrons. The van der Waals surface area contributed by atoms with Crippen LogP contribution in [0.5, 0.6) is 0 Å². The summed E-state index contributed by atoms with van der Waals surface area (Å²) in [5.41, 5.74) is 0. The molecule has 5 heteroatoms. The van der Waals surface area contributed by atoms with E-state index < -0.39 is 24.5 Å². The Bertz CT molecular complexity index is 216. The van der Waals surface area contributed by atoms with Gasteiger partial charge in [0, 0.05) is 0 Å². The summed E-state index contributed by atoms with van der Waals surface area (Å²) in [4.78, 5) is 23.0. The lowest BCUT2D eigenvalue weighted by molar-refractivity contribution is -0.166. The van der Waals surface area contributed by atoms with Crippen molar-refractivity contribution >= 4 is 11.9 Å². The Labute approximate surface area is 95.1 Å². The second-order valence-electron chi connectivity index (χ2n) is 4.00. The van der Waals surface area contributed by atoms with Crippen molar-refractivity contribution in [2.75, 3.05) is 6.67 Å². The molecule has 0 N–H and O–H groups in total. The molecular weight excluding hydrogens is 215 g/mol. The molecule has 0 bridgehead atoms. The van der Waals surface area contributed by atoms with Crippen molar-refractivity contribution in [3.8, 4) is 0 Å². The van der Waals surface area contributed by atoms with Gasteiger partial charge in [-0.05, 0) is 34.1 Å². The molecule has 0 aliphatic carbocycles. The molecule has 4 nitrogen and oxygen atoms in total. The van der Waals surface area contributed by atoms with E-state index in [-0.39, 0.29) is 18.6 Å². The molecular formula is C11H19FO4. The van der Waals surface area contributed by atoms with Gasteiger partial charge in [-0.1, -0.05) is 0 Å². The molecule has 0 saturated carbocycles. The Kier molecular flexibility index (Phi) is 6.69. The fourth-order valence-corrected chi connectivity index (χ4v) is 1.07. The van der Waals surface area contributed by atoms with Gasteiger partial charge in [0.2, 0.25) is 0 Å². The summed E-state index contributed by atoms with van der Waals surface area (Å²) in [5, 5.41) is 0. The van der Waals surface area contributed by atoms with Crippen LogP contribution in [0.1, 0.15) is 34.1 Å². The van der Waals surface area contributed by atoms with E-state index >= 15 is 0 Å². The smallest absolute Gasteiger partial charge is 0.320 e. The maximum Gasteiger partial charge on any atom is 0.320 e. The monoisotopic (exact) mass is 234 g/mol. The molecule has 0 aliphatic rings. The number of hydrogen-bond donors (Lipinski definition) is 0.